The quantitative estimate of drug-likeness (QED) is 0.837. The van der Waals surface area contributed by atoms with Crippen molar-refractivity contribution in [3.8, 4) is 0 Å². The van der Waals surface area contributed by atoms with Crippen LogP contribution in [-0.4, -0.2) is 40.9 Å². The van der Waals surface area contributed by atoms with Crippen molar-refractivity contribution in [2.24, 2.45) is 0 Å². The minimum Gasteiger partial charge on any atom is -0.373 e. The van der Waals surface area contributed by atoms with E-state index in [4.69, 9.17) is 4.98 Å². The molecule has 1 aromatic heterocycles. The second-order valence-corrected chi connectivity index (χ2v) is 5.45. The van der Waals surface area contributed by atoms with E-state index in [0.717, 1.165) is 48.8 Å². The van der Waals surface area contributed by atoms with Crippen molar-refractivity contribution < 1.29 is 4.79 Å². The maximum Gasteiger partial charge on any atom is 0.219 e. The molecular formula is C14H21N5O. The molecule has 0 bridgehead atoms. The highest BCUT2D eigenvalue weighted by Gasteiger charge is 2.26. The Hall–Kier alpha value is -1.69. The van der Waals surface area contributed by atoms with Gasteiger partial charge in [-0.1, -0.05) is 0 Å². The molecule has 0 radical (unpaired) electrons. The average Bonchev–Trinajstić information content (AvgIpc) is 2.99. The summed E-state index contributed by atoms with van der Waals surface area (Å²) < 4.78 is 0. The number of carbonyl (C=O) groups excluding carboxylic acids is 1. The van der Waals surface area contributed by atoms with Gasteiger partial charge < -0.3 is 15.5 Å². The molecule has 0 unspecified atom stereocenters. The predicted molar refractivity (Wildman–Crippen MR) is 76.4 cm³/mol. The summed E-state index contributed by atoms with van der Waals surface area (Å²) in [5.41, 5.74) is 2.15. The molecule has 1 aromatic rings. The number of carbonyl (C=O) groups is 1. The van der Waals surface area contributed by atoms with E-state index in [2.05, 4.69) is 15.6 Å². The molecule has 1 atom stereocenters. The van der Waals surface area contributed by atoms with Crippen molar-refractivity contribution in [3.63, 3.8) is 0 Å². The topological polar surface area (TPSA) is 70.2 Å². The maximum atomic E-state index is 11.6. The lowest BCUT2D eigenvalue weighted by molar-refractivity contribution is -0.129. The first kappa shape index (κ1) is 13.3. The summed E-state index contributed by atoms with van der Waals surface area (Å²) in [6, 6.07) is 0.250. The van der Waals surface area contributed by atoms with Crippen LogP contribution in [0.1, 0.15) is 42.9 Å². The number of fused-ring (bicyclic) bond motifs is 1. The third-order valence-electron chi connectivity index (χ3n) is 4.14. The van der Waals surface area contributed by atoms with E-state index >= 15 is 0 Å². The molecular weight excluding hydrogens is 254 g/mol. The van der Waals surface area contributed by atoms with Crippen LogP contribution in [0.25, 0.3) is 0 Å². The van der Waals surface area contributed by atoms with Gasteiger partial charge in [0.25, 0.3) is 0 Å². The highest BCUT2D eigenvalue weighted by molar-refractivity contribution is 5.73. The van der Waals surface area contributed by atoms with Gasteiger partial charge in [0.2, 0.25) is 5.91 Å². The molecule has 2 N–H and O–H groups in total. The van der Waals surface area contributed by atoms with Crippen molar-refractivity contribution in [2.45, 2.75) is 38.8 Å². The number of hydrogen-bond donors (Lipinski definition) is 2. The van der Waals surface area contributed by atoms with Gasteiger partial charge in [-0.05, 0) is 25.8 Å². The molecule has 3 rings (SSSR count). The Bertz CT molecular complexity index is 525. The van der Waals surface area contributed by atoms with Crippen molar-refractivity contribution >= 4 is 11.7 Å². The SMILES string of the molecule is CNc1nc([C@@H]2CCCN2)nc2c1CCN(C(C)=O)C2. The first-order chi connectivity index (χ1) is 9.69. The van der Waals surface area contributed by atoms with Crippen molar-refractivity contribution in [1.29, 1.82) is 0 Å². The van der Waals surface area contributed by atoms with Gasteiger partial charge in [-0.2, -0.15) is 0 Å². The molecule has 20 heavy (non-hydrogen) atoms. The molecule has 108 valence electrons. The predicted octanol–water partition coefficient (Wildman–Crippen LogP) is 0.847. The molecule has 0 saturated carbocycles. The molecule has 1 amide bonds. The molecule has 6 nitrogen and oxygen atoms in total. The number of rotatable bonds is 2. The lowest BCUT2D eigenvalue weighted by Crippen LogP contribution is -2.36. The molecule has 0 aliphatic carbocycles. The second kappa shape index (κ2) is 5.36. The third-order valence-corrected chi connectivity index (χ3v) is 4.14. The van der Waals surface area contributed by atoms with Gasteiger partial charge in [0, 0.05) is 26.1 Å². The van der Waals surface area contributed by atoms with Crippen molar-refractivity contribution in [1.82, 2.24) is 20.2 Å². The fraction of sp³-hybridized carbons (Fsp3) is 0.643. The zero-order chi connectivity index (χ0) is 14.1. The van der Waals surface area contributed by atoms with Crippen molar-refractivity contribution in [3.05, 3.63) is 17.1 Å². The van der Waals surface area contributed by atoms with Gasteiger partial charge in [0.15, 0.2) is 0 Å². The minimum atomic E-state index is 0.112. The van der Waals surface area contributed by atoms with Crippen molar-refractivity contribution in [2.75, 3.05) is 25.5 Å². The summed E-state index contributed by atoms with van der Waals surface area (Å²) in [7, 11) is 1.89. The summed E-state index contributed by atoms with van der Waals surface area (Å²) in [4.78, 5) is 22.8. The molecule has 2 aliphatic rings. The van der Waals surface area contributed by atoms with E-state index in [1.807, 2.05) is 11.9 Å². The normalized spacial score (nSPS) is 21.7. The van der Waals surface area contributed by atoms with E-state index < -0.39 is 0 Å². The summed E-state index contributed by atoms with van der Waals surface area (Å²) in [6.45, 7) is 3.99. The Balaban J connectivity index is 1.96. The van der Waals surface area contributed by atoms with E-state index in [9.17, 15) is 4.79 Å². The Kier molecular flexibility index (Phi) is 3.56. The zero-order valence-electron chi connectivity index (χ0n) is 12.1. The maximum absolute atomic E-state index is 11.6. The first-order valence-corrected chi connectivity index (χ1v) is 7.25. The Morgan fingerprint density at radius 1 is 1.45 bits per heavy atom. The molecule has 1 fully saturated rings. The molecule has 0 spiro atoms. The molecule has 0 aromatic carbocycles. The van der Waals surface area contributed by atoms with E-state index in [0.29, 0.717) is 6.54 Å². The van der Waals surface area contributed by atoms with E-state index in [1.165, 1.54) is 6.42 Å². The van der Waals surface area contributed by atoms with Gasteiger partial charge >= 0.3 is 0 Å². The van der Waals surface area contributed by atoms with Gasteiger partial charge in [-0.3, -0.25) is 4.79 Å². The van der Waals surface area contributed by atoms with Crippen LogP contribution in [0.4, 0.5) is 5.82 Å². The van der Waals surface area contributed by atoms with Gasteiger partial charge in [-0.15, -0.1) is 0 Å². The number of nitrogens with one attached hydrogen (secondary N) is 2. The highest BCUT2D eigenvalue weighted by Crippen LogP contribution is 2.27. The number of aromatic nitrogens is 2. The lowest BCUT2D eigenvalue weighted by Gasteiger charge is -2.29. The standard InChI is InChI=1S/C14H21N5O/c1-9(20)19-7-5-10-12(8-19)17-14(18-13(10)15-2)11-4-3-6-16-11/h11,16H,3-8H2,1-2H3,(H,15,17,18)/t11-/m0/s1. The average molecular weight is 275 g/mol. The number of hydrogen-bond acceptors (Lipinski definition) is 5. The van der Waals surface area contributed by atoms with Crippen LogP contribution >= 0.6 is 0 Å². The molecule has 2 aliphatic heterocycles. The van der Waals surface area contributed by atoms with Gasteiger partial charge in [0.05, 0.1) is 18.3 Å². The Morgan fingerprint density at radius 2 is 2.30 bits per heavy atom. The monoisotopic (exact) mass is 275 g/mol. The van der Waals surface area contributed by atoms with E-state index in [1.54, 1.807) is 6.92 Å². The molecule has 3 heterocycles. The number of anilines is 1. The largest absolute Gasteiger partial charge is 0.373 e. The minimum absolute atomic E-state index is 0.112. The van der Waals surface area contributed by atoms with Gasteiger partial charge in [-0.25, -0.2) is 9.97 Å². The van der Waals surface area contributed by atoms with Crippen LogP contribution in [-0.2, 0) is 17.8 Å². The summed E-state index contributed by atoms with van der Waals surface area (Å²) in [5.74, 6) is 1.89. The number of nitrogens with zero attached hydrogens (tertiary/aromatic N) is 3. The highest BCUT2D eigenvalue weighted by atomic mass is 16.2. The fourth-order valence-corrected chi connectivity index (χ4v) is 2.99. The lowest BCUT2D eigenvalue weighted by atomic mass is 10.0. The van der Waals surface area contributed by atoms with Crippen LogP contribution in [0.2, 0.25) is 0 Å². The summed E-state index contributed by atoms with van der Waals surface area (Å²) in [5, 5.41) is 6.61. The molecule has 6 heteroatoms. The van der Waals surface area contributed by atoms with Crippen LogP contribution in [0, 0.1) is 0 Å². The summed E-state index contributed by atoms with van der Waals surface area (Å²) in [6.07, 6.45) is 3.07. The number of amides is 1. The van der Waals surface area contributed by atoms with Crippen LogP contribution in [0.3, 0.4) is 0 Å². The van der Waals surface area contributed by atoms with Crippen LogP contribution < -0.4 is 10.6 Å². The van der Waals surface area contributed by atoms with Crippen LogP contribution in [0.5, 0.6) is 0 Å². The first-order valence-electron chi connectivity index (χ1n) is 7.25. The second-order valence-electron chi connectivity index (χ2n) is 5.45. The van der Waals surface area contributed by atoms with Gasteiger partial charge in [0.1, 0.15) is 11.6 Å². The molecule has 1 saturated heterocycles. The summed E-state index contributed by atoms with van der Waals surface area (Å²) >= 11 is 0. The van der Waals surface area contributed by atoms with Crippen LogP contribution in [0.15, 0.2) is 0 Å². The Labute approximate surface area is 119 Å². The third kappa shape index (κ3) is 2.35. The fourth-order valence-electron chi connectivity index (χ4n) is 2.99. The smallest absolute Gasteiger partial charge is 0.219 e. The zero-order valence-corrected chi connectivity index (χ0v) is 12.1. The Morgan fingerprint density at radius 3 is 2.95 bits per heavy atom. The van der Waals surface area contributed by atoms with E-state index in [-0.39, 0.29) is 11.9 Å².